The number of nitrogens with zero attached hydrogens (tertiary/aromatic N) is 2. The van der Waals surface area contributed by atoms with Gasteiger partial charge in [-0.3, -0.25) is 0 Å². The second-order valence-corrected chi connectivity index (χ2v) is 5.18. The molecule has 1 aromatic heterocycles. The molecule has 1 aliphatic heterocycles. The van der Waals surface area contributed by atoms with E-state index in [1.54, 1.807) is 4.90 Å². The molecule has 2 rings (SSSR count). The molecule has 0 unspecified atom stereocenters. The van der Waals surface area contributed by atoms with Crippen LogP contribution in [0, 0.1) is 0 Å². The molecule has 0 saturated carbocycles. The number of anilines is 1. The Bertz CT molecular complexity index is 541. The highest BCUT2D eigenvalue weighted by atomic mass is 35.5. The SMILES string of the molecule is O=C(O)c1sc(N2CC=C(C(F)(F)F)CC2)nc1Cl. The van der Waals surface area contributed by atoms with E-state index in [1.807, 2.05) is 0 Å². The number of carboxylic acid groups (broad SMARTS) is 1. The van der Waals surface area contributed by atoms with Gasteiger partial charge in [-0.15, -0.1) is 0 Å². The van der Waals surface area contributed by atoms with Crippen LogP contribution in [0.25, 0.3) is 0 Å². The van der Waals surface area contributed by atoms with Gasteiger partial charge in [0.15, 0.2) is 15.2 Å². The molecular formula is C10H8ClF3N2O2S. The summed E-state index contributed by atoms with van der Waals surface area (Å²) in [5.74, 6) is -1.20. The third-order valence-corrected chi connectivity index (χ3v) is 4.10. The summed E-state index contributed by atoms with van der Waals surface area (Å²) < 4.78 is 37.3. The smallest absolute Gasteiger partial charge is 0.412 e. The first-order valence-corrected chi connectivity index (χ1v) is 6.39. The predicted molar refractivity (Wildman–Crippen MR) is 65.1 cm³/mol. The molecule has 0 saturated heterocycles. The quantitative estimate of drug-likeness (QED) is 0.852. The minimum absolute atomic E-state index is 0.0394. The van der Waals surface area contributed by atoms with E-state index >= 15 is 0 Å². The van der Waals surface area contributed by atoms with Gasteiger partial charge in [0.25, 0.3) is 0 Å². The van der Waals surface area contributed by atoms with Crippen molar-refractivity contribution in [1.82, 2.24) is 4.98 Å². The minimum atomic E-state index is -4.31. The van der Waals surface area contributed by atoms with Crippen molar-refractivity contribution >= 4 is 34.0 Å². The standard InChI is InChI=1S/C10H8ClF3N2O2S/c11-7-6(8(17)18)19-9(15-7)16-3-1-5(2-4-16)10(12,13)14/h1H,2-4H2,(H,17,18). The number of carboxylic acids is 1. The Morgan fingerprint density at radius 2 is 2.21 bits per heavy atom. The molecular weight excluding hydrogens is 305 g/mol. The normalized spacial score (nSPS) is 16.4. The number of alkyl halides is 3. The Morgan fingerprint density at radius 3 is 2.63 bits per heavy atom. The predicted octanol–water partition coefficient (Wildman–Crippen LogP) is 3.19. The van der Waals surface area contributed by atoms with Crippen LogP contribution >= 0.6 is 22.9 Å². The summed E-state index contributed by atoms with van der Waals surface area (Å²) in [6, 6.07) is 0. The van der Waals surface area contributed by atoms with Crippen LogP contribution in [0.2, 0.25) is 5.15 Å². The van der Waals surface area contributed by atoms with Gasteiger partial charge < -0.3 is 10.0 Å². The number of halogens is 4. The summed E-state index contributed by atoms with van der Waals surface area (Å²) in [5.41, 5.74) is -0.565. The van der Waals surface area contributed by atoms with Crippen LogP contribution in [0.15, 0.2) is 11.6 Å². The van der Waals surface area contributed by atoms with Crippen molar-refractivity contribution in [3.8, 4) is 0 Å². The minimum Gasteiger partial charge on any atom is -0.477 e. The Balaban J connectivity index is 2.16. The summed E-state index contributed by atoms with van der Waals surface area (Å²) in [6.07, 6.45) is -3.37. The molecule has 0 fully saturated rings. The average molecular weight is 313 g/mol. The second-order valence-electron chi connectivity index (χ2n) is 3.84. The highest BCUT2D eigenvalue weighted by Gasteiger charge is 2.35. The Kier molecular flexibility index (Phi) is 3.73. The first-order chi connectivity index (χ1) is 8.79. The van der Waals surface area contributed by atoms with Gasteiger partial charge in [0.2, 0.25) is 0 Å². The molecule has 1 aromatic rings. The molecule has 1 N–H and O–H groups in total. The molecule has 19 heavy (non-hydrogen) atoms. The zero-order chi connectivity index (χ0) is 14.2. The molecule has 1 aliphatic rings. The lowest BCUT2D eigenvalue weighted by atomic mass is 10.1. The van der Waals surface area contributed by atoms with E-state index in [9.17, 15) is 18.0 Å². The summed E-state index contributed by atoms with van der Waals surface area (Å²) in [4.78, 5) is 16.1. The van der Waals surface area contributed by atoms with E-state index in [1.165, 1.54) is 0 Å². The molecule has 0 atom stereocenters. The zero-order valence-corrected chi connectivity index (χ0v) is 10.9. The maximum Gasteiger partial charge on any atom is 0.412 e. The van der Waals surface area contributed by atoms with Crippen molar-refractivity contribution in [3.63, 3.8) is 0 Å². The van der Waals surface area contributed by atoms with Crippen LogP contribution in [0.3, 0.4) is 0 Å². The zero-order valence-electron chi connectivity index (χ0n) is 9.37. The summed E-state index contributed by atoms with van der Waals surface area (Å²) in [7, 11) is 0. The van der Waals surface area contributed by atoms with Crippen molar-refractivity contribution in [2.45, 2.75) is 12.6 Å². The lowest BCUT2D eigenvalue weighted by Gasteiger charge is -2.26. The largest absolute Gasteiger partial charge is 0.477 e. The van der Waals surface area contributed by atoms with Crippen molar-refractivity contribution in [1.29, 1.82) is 0 Å². The monoisotopic (exact) mass is 312 g/mol. The van der Waals surface area contributed by atoms with Gasteiger partial charge in [-0.05, 0) is 6.42 Å². The molecule has 9 heteroatoms. The van der Waals surface area contributed by atoms with E-state index in [-0.39, 0.29) is 29.5 Å². The van der Waals surface area contributed by atoms with E-state index in [2.05, 4.69) is 4.98 Å². The topological polar surface area (TPSA) is 53.4 Å². The fourth-order valence-electron chi connectivity index (χ4n) is 1.66. The number of hydrogen-bond acceptors (Lipinski definition) is 4. The van der Waals surface area contributed by atoms with Crippen LogP contribution in [-0.4, -0.2) is 35.3 Å². The number of carbonyl (C=O) groups is 1. The van der Waals surface area contributed by atoms with Crippen molar-refractivity contribution < 1.29 is 23.1 Å². The van der Waals surface area contributed by atoms with E-state index in [0.29, 0.717) is 5.13 Å². The Morgan fingerprint density at radius 1 is 1.53 bits per heavy atom. The summed E-state index contributed by atoms with van der Waals surface area (Å²) in [6.45, 7) is 0.173. The third-order valence-electron chi connectivity index (χ3n) is 2.61. The molecule has 0 aromatic carbocycles. The Labute approximate surface area is 115 Å². The van der Waals surface area contributed by atoms with Gasteiger partial charge in [-0.25, -0.2) is 9.78 Å². The summed E-state index contributed by atoms with van der Waals surface area (Å²) >= 11 is 6.51. The maximum absolute atomic E-state index is 12.4. The van der Waals surface area contributed by atoms with Gasteiger partial charge in [0.1, 0.15) is 0 Å². The first kappa shape index (κ1) is 14.1. The van der Waals surface area contributed by atoms with Gasteiger partial charge in [-0.1, -0.05) is 29.0 Å². The van der Waals surface area contributed by atoms with Crippen LogP contribution in [0.4, 0.5) is 18.3 Å². The lowest BCUT2D eigenvalue weighted by Crippen LogP contribution is -2.31. The van der Waals surface area contributed by atoms with Crippen molar-refractivity contribution in [2.75, 3.05) is 18.0 Å². The van der Waals surface area contributed by atoms with E-state index < -0.39 is 17.7 Å². The van der Waals surface area contributed by atoms with Crippen LogP contribution in [0.1, 0.15) is 16.1 Å². The summed E-state index contributed by atoms with van der Waals surface area (Å²) in [5, 5.41) is 9.01. The molecule has 0 radical (unpaired) electrons. The highest BCUT2D eigenvalue weighted by Crippen LogP contribution is 2.34. The second kappa shape index (κ2) is 5.01. The molecule has 0 bridgehead atoms. The fourth-order valence-corrected chi connectivity index (χ4v) is 2.82. The first-order valence-electron chi connectivity index (χ1n) is 5.20. The maximum atomic E-state index is 12.4. The van der Waals surface area contributed by atoms with Crippen LogP contribution in [0.5, 0.6) is 0 Å². The third kappa shape index (κ3) is 3.01. The van der Waals surface area contributed by atoms with Gasteiger partial charge in [-0.2, -0.15) is 13.2 Å². The van der Waals surface area contributed by atoms with Gasteiger partial charge in [0.05, 0.1) is 0 Å². The van der Waals surface area contributed by atoms with E-state index in [0.717, 1.165) is 17.4 Å². The molecule has 2 heterocycles. The number of hydrogen-bond donors (Lipinski definition) is 1. The lowest BCUT2D eigenvalue weighted by molar-refractivity contribution is -0.0944. The molecule has 0 spiro atoms. The molecule has 4 nitrogen and oxygen atoms in total. The highest BCUT2D eigenvalue weighted by molar-refractivity contribution is 7.18. The molecule has 0 aliphatic carbocycles. The van der Waals surface area contributed by atoms with Crippen LogP contribution < -0.4 is 4.90 Å². The van der Waals surface area contributed by atoms with E-state index in [4.69, 9.17) is 16.7 Å². The van der Waals surface area contributed by atoms with Gasteiger partial charge >= 0.3 is 12.1 Å². The number of aromatic nitrogens is 1. The number of aromatic carboxylic acids is 1. The molecule has 104 valence electrons. The fraction of sp³-hybridized carbons (Fsp3) is 0.400. The molecule has 0 amide bonds. The van der Waals surface area contributed by atoms with Crippen molar-refractivity contribution in [2.24, 2.45) is 0 Å². The van der Waals surface area contributed by atoms with Gasteiger partial charge in [0, 0.05) is 18.7 Å². The average Bonchev–Trinajstić information content (AvgIpc) is 2.70. The number of thiazole rings is 1. The Hall–Kier alpha value is -1.28. The van der Waals surface area contributed by atoms with Crippen LogP contribution in [-0.2, 0) is 0 Å². The van der Waals surface area contributed by atoms with Crippen molar-refractivity contribution in [3.05, 3.63) is 21.7 Å². The number of rotatable bonds is 2.